The lowest BCUT2D eigenvalue weighted by atomic mass is 10.4. The lowest BCUT2D eigenvalue weighted by Gasteiger charge is -2.20. The fraction of sp³-hybridized carbons (Fsp3) is 1.00. The van der Waals surface area contributed by atoms with Crippen molar-refractivity contribution in [3.05, 3.63) is 0 Å². The zero-order valence-electron chi connectivity index (χ0n) is 8.07. The zero-order chi connectivity index (χ0) is 9.78. The molecular weight excluding hydrogens is 178 g/mol. The van der Waals surface area contributed by atoms with Crippen molar-refractivity contribution in [1.82, 2.24) is 4.31 Å². The minimum atomic E-state index is -3.11. The van der Waals surface area contributed by atoms with E-state index >= 15 is 0 Å². The highest BCUT2D eigenvalue weighted by molar-refractivity contribution is 7.89. The van der Waals surface area contributed by atoms with Crippen molar-refractivity contribution in [2.75, 3.05) is 26.5 Å². The van der Waals surface area contributed by atoms with Crippen molar-refractivity contribution in [3.63, 3.8) is 0 Å². The lowest BCUT2D eigenvalue weighted by Crippen LogP contribution is -2.35. The first kappa shape index (κ1) is 11.9. The van der Waals surface area contributed by atoms with E-state index in [1.165, 1.54) is 11.4 Å². The molecule has 0 aromatic rings. The van der Waals surface area contributed by atoms with E-state index in [9.17, 15) is 8.42 Å². The van der Waals surface area contributed by atoms with E-state index in [-0.39, 0.29) is 18.4 Å². The van der Waals surface area contributed by atoms with E-state index in [2.05, 4.69) is 0 Å². The molecule has 0 spiro atoms. The van der Waals surface area contributed by atoms with Crippen LogP contribution in [0.25, 0.3) is 0 Å². The topological polar surface area (TPSA) is 46.6 Å². The van der Waals surface area contributed by atoms with Gasteiger partial charge < -0.3 is 4.74 Å². The molecule has 12 heavy (non-hydrogen) atoms. The molecule has 0 saturated heterocycles. The molecule has 0 rings (SSSR count). The second-order valence-electron chi connectivity index (χ2n) is 2.92. The molecule has 0 heterocycles. The van der Waals surface area contributed by atoms with Crippen molar-refractivity contribution >= 4 is 10.0 Å². The molecule has 5 heteroatoms. The average molecular weight is 195 g/mol. The van der Waals surface area contributed by atoms with Crippen molar-refractivity contribution in [2.24, 2.45) is 0 Å². The summed E-state index contributed by atoms with van der Waals surface area (Å²) in [5.74, 6) is 0.0537. The normalized spacial score (nSPS) is 12.8. The van der Waals surface area contributed by atoms with Crippen LogP contribution in [0.15, 0.2) is 0 Å². The van der Waals surface area contributed by atoms with Crippen molar-refractivity contribution in [1.29, 1.82) is 0 Å². The third kappa shape index (κ3) is 3.51. The molecule has 4 nitrogen and oxygen atoms in total. The maximum absolute atomic E-state index is 11.4. The Hall–Kier alpha value is -0.130. The Morgan fingerprint density at radius 2 is 1.92 bits per heavy atom. The molecule has 0 aliphatic carbocycles. The van der Waals surface area contributed by atoms with Crippen molar-refractivity contribution < 1.29 is 13.2 Å². The highest BCUT2D eigenvalue weighted by Gasteiger charge is 2.19. The molecule has 0 aromatic carbocycles. The minimum absolute atomic E-state index is 0.00635. The van der Waals surface area contributed by atoms with Gasteiger partial charge in [0.05, 0.1) is 12.4 Å². The van der Waals surface area contributed by atoms with Crippen LogP contribution < -0.4 is 0 Å². The van der Waals surface area contributed by atoms with E-state index in [0.29, 0.717) is 0 Å². The van der Waals surface area contributed by atoms with Gasteiger partial charge in [0, 0.05) is 20.2 Å². The molecule has 0 bridgehead atoms. The van der Waals surface area contributed by atoms with Crippen LogP contribution in [0.4, 0.5) is 0 Å². The van der Waals surface area contributed by atoms with Gasteiger partial charge in [-0.15, -0.1) is 0 Å². The molecule has 0 aliphatic heterocycles. The Bertz CT molecular complexity index is 211. The van der Waals surface area contributed by atoms with Crippen molar-refractivity contribution in [3.8, 4) is 0 Å². The second kappa shape index (κ2) is 4.79. The minimum Gasteiger partial charge on any atom is -0.384 e. The maximum Gasteiger partial charge on any atom is 0.216 e. The summed E-state index contributed by atoms with van der Waals surface area (Å²) in [6.07, 6.45) is 0. The van der Waals surface area contributed by atoms with Gasteiger partial charge in [-0.1, -0.05) is 0 Å². The molecule has 0 aromatic heterocycles. The molecule has 74 valence electrons. The van der Waals surface area contributed by atoms with Crippen LogP contribution in [0.5, 0.6) is 0 Å². The average Bonchev–Trinajstić information content (AvgIpc) is 1.99. The number of hydrogen-bond acceptors (Lipinski definition) is 3. The molecule has 0 atom stereocenters. The van der Waals surface area contributed by atoms with E-state index in [4.69, 9.17) is 4.74 Å². The summed E-state index contributed by atoms with van der Waals surface area (Å²) in [5.41, 5.74) is 0. The van der Waals surface area contributed by atoms with Gasteiger partial charge in [-0.05, 0) is 13.8 Å². The summed E-state index contributed by atoms with van der Waals surface area (Å²) in [6, 6.07) is 0.00635. The van der Waals surface area contributed by atoms with E-state index < -0.39 is 10.0 Å². The van der Waals surface area contributed by atoms with Crippen LogP contribution in [0, 0.1) is 0 Å². The number of rotatable bonds is 5. The molecule has 0 unspecified atom stereocenters. The Morgan fingerprint density at radius 1 is 1.42 bits per heavy atom. The predicted octanol–water partition coefficient (Wildman–Crippen LogP) is 0.303. The van der Waals surface area contributed by atoms with Crippen LogP contribution >= 0.6 is 0 Å². The number of nitrogens with zero attached hydrogens (tertiary/aromatic N) is 1. The van der Waals surface area contributed by atoms with Crippen LogP contribution in [-0.2, 0) is 14.8 Å². The first-order chi connectivity index (χ1) is 5.41. The largest absolute Gasteiger partial charge is 0.384 e. The fourth-order valence-corrected chi connectivity index (χ4v) is 1.96. The number of ether oxygens (including phenoxy) is 1. The fourth-order valence-electron chi connectivity index (χ4n) is 0.654. The molecule has 0 aliphatic rings. The van der Waals surface area contributed by atoms with E-state index in [1.807, 2.05) is 13.8 Å². The van der Waals surface area contributed by atoms with Crippen molar-refractivity contribution in [2.45, 2.75) is 19.9 Å². The molecule has 0 fully saturated rings. The van der Waals surface area contributed by atoms with Gasteiger partial charge in [-0.2, -0.15) is 0 Å². The highest BCUT2D eigenvalue weighted by Crippen LogP contribution is 2.03. The van der Waals surface area contributed by atoms with Gasteiger partial charge >= 0.3 is 0 Å². The Kier molecular flexibility index (Phi) is 4.74. The molecule has 0 N–H and O–H groups in total. The Labute approximate surface area is 74.6 Å². The monoisotopic (exact) mass is 195 g/mol. The first-order valence-corrected chi connectivity index (χ1v) is 5.47. The van der Waals surface area contributed by atoms with Gasteiger partial charge in [0.1, 0.15) is 0 Å². The SMILES string of the molecule is COCCS(=O)(=O)N(C)C(C)C. The van der Waals surface area contributed by atoms with Gasteiger partial charge in [-0.3, -0.25) is 0 Å². The van der Waals surface area contributed by atoms with E-state index in [1.54, 1.807) is 7.05 Å². The molecule has 0 radical (unpaired) electrons. The van der Waals surface area contributed by atoms with Crippen LogP contribution in [-0.4, -0.2) is 45.3 Å². The van der Waals surface area contributed by atoms with Crippen LogP contribution in [0.3, 0.4) is 0 Å². The van der Waals surface area contributed by atoms with Crippen LogP contribution in [0.1, 0.15) is 13.8 Å². The smallest absolute Gasteiger partial charge is 0.216 e. The Morgan fingerprint density at radius 3 is 2.25 bits per heavy atom. The van der Waals surface area contributed by atoms with Gasteiger partial charge in [0.2, 0.25) is 10.0 Å². The molecule has 0 saturated carbocycles. The number of hydrogen-bond donors (Lipinski definition) is 0. The summed E-state index contributed by atoms with van der Waals surface area (Å²) in [7, 11) is -0.0434. The van der Waals surface area contributed by atoms with Gasteiger partial charge in [-0.25, -0.2) is 12.7 Å². The Balaban J connectivity index is 4.21. The van der Waals surface area contributed by atoms with Crippen LogP contribution in [0.2, 0.25) is 0 Å². The summed E-state index contributed by atoms with van der Waals surface area (Å²) < 4.78 is 28.8. The first-order valence-electron chi connectivity index (χ1n) is 3.86. The third-order valence-electron chi connectivity index (χ3n) is 1.71. The third-order valence-corrected chi connectivity index (χ3v) is 3.69. The summed E-state index contributed by atoms with van der Waals surface area (Å²) >= 11 is 0. The zero-order valence-corrected chi connectivity index (χ0v) is 8.89. The second-order valence-corrected chi connectivity index (χ2v) is 5.07. The predicted molar refractivity (Wildman–Crippen MR) is 48.6 cm³/mol. The van der Waals surface area contributed by atoms with E-state index in [0.717, 1.165) is 0 Å². The summed E-state index contributed by atoms with van der Waals surface area (Å²) in [4.78, 5) is 0. The number of methoxy groups -OCH3 is 1. The molecule has 0 amide bonds. The highest BCUT2D eigenvalue weighted by atomic mass is 32.2. The quantitative estimate of drug-likeness (QED) is 0.634. The lowest BCUT2D eigenvalue weighted by molar-refractivity contribution is 0.215. The summed E-state index contributed by atoms with van der Waals surface area (Å²) in [6.45, 7) is 3.92. The van der Waals surface area contributed by atoms with Gasteiger partial charge in [0.15, 0.2) is 0 Å². The standard InChI is InChI=1S/C7H17NO3S/c1-7(2)8(3)12(9,10)6-5-11-4/h7H,5-6H2,1-4H3. The summed E-state index contributed by atoms with van der Waals surface area (Å²) in [5, 5.41) is 0. The number of sulfonamides is 1. The van der Waals surface area contributed by atoms with Gasteiger partial charge in [0.25, 0.3) is 0 Å². The maximum atomic E-state index is 11.4. The molecular formula is C7H17NO3S.